The number of furan rings is 1. The van der Waals surface area contributed by atoms with Crippen LogP contribution in [0.2, 0.25) is 0 Å². The van der Waals surface area contributed by atoms with Crippen molar-refractivity contribution in [3.05, 3.63) is 219 Å². The number of allylic oxidation sites excluding steroid dienone is 4. The maximum atomic E-state index is 6.46. The fourth-order valence-corrected chi connectivity index (χ4v) is 8.14. The van der Waals surface area contributed by atoms with Crippen LogP contribution in [-0.2, 0) is 0 Å². The van der Waals surface area contributed by atoms with Gasteiger partial charge in [-0.05, 0) is 69.3 Å². The van der Waals surface area contributed by atoms with Gasteiger partial charge in [0.25, 0.3) is 0 Å². The monoisotopic (exact) mass is 810 g/mol. The molecule has 63 heavy (non-hydrogen) atoms. The minimum Gasteiger partial charge on any atom is -0.485 e. The van der Waals surface area contributed by atoms with Crippen molar-refractivity contribution in [1.29, 1.82) is 0 Å². The summed E-state index contributed by atoms with van der Waals surface area (Å²) in [6.45, 7) is 4.75. The summed E-state index contributed by atoms with van der Waals surface area (Å²) in [5.74, 6) is 1.84. The number of fused-ring (bicyclic) bond motifs is 4. The molecule has 6 nitrogen and oxygen atoms in total. The molecule has 0 aliphatic carbocycles. The first-order valence-electron chi connectivity index (χ1n) is 20.9. The highest BCUT2D eigenvalue weighted by molar-refractivity contribution is 6.07. The lowest BCUT2D eigenvalue weighted by atomic mass is 9.99. The van der Waals surface area contributed by atoms with Crippen LogP contribution in [0, 0.1) is 0 Å². The number of aromatic nitrogens is 4. The fourth-order valence-electron chi connectivity index (χ4n) is 8.14. The van der Waals surface area contributed by atoms with Crippen LogP contribution in [0.1, 0.15) is 5.69 Å². The summed E-state index contributed by atoms with van der Waals surface area (Å²) in [6, 6.07) is 62.4. The van der Waals surface area contributed by atoms with Gasteiger partial charge in [-0.15, -0.1) is 0 Å². The highest BCUT2D eigenvalue weighted by Gasteiger charge is 2.22. The number of ether oxygens (including phenoxy) is 1. The van der Waals surface area contributed by atoms with Gasteiger partial charge in [-0.25, -0.2) is 19.9 Å². The van der Waals surface area contributed by atoms with Gasteiger partial charge in [-0.2, -0.15) is 0 Å². The van der Waals surface area contributed by atoms with Gasteiger partial charge in [-0.1, -0.05) is 183 Å². The Labute approximate surface area is 364 Å². The Morgan fingerprint density at radius 1 is 0.413 bits per heavy atom. The van der Waals surface area contributed by atoms with Crippen LogP contribution in [0.4, 0.5) is 0 Å². The number of hydrogen-bond donors (Lipinski definition) is 0. The van der Waals surface area contributed by atoms with Crippen molar-refractivity contribution >= 4 is 27.6 Å². The second-order valence-electron chi connectivity index (χ2n) is 15.4. The molecule has 1 aliphatic heterocycles. The van der Waals surface area contributed by atoms with Crippen molar-refractivity contribution < 1.29 is 9.15 Å². The van der Waals surface area contributed by atoms with Crippen molar-refractivity contribution in [2.45, 2.75) is 0 Å². The van der Waals surface area contributed by atoms with Gasteiger partial charge >= 0.3 is 0 Å². The molecule has 7 aromatic carbocycles. The van der Waals surface area contributed by atoms with E-state index < -0.39 is 0 Å². The van der Waals surface area contributed by atoms with Gasteiger partial charge in [0.05, 0.1) is 0 Å². The largest absolute Gasteiger partial charge is 0.485 e. The summed E-state index contributed by atoms with van der Waals surface area (Å²) < 4.78 is 12.9. The highest BCUT2D eigenvalue weighted by Crippen LogP contribution is 2.40. The molecule has 6 heteroatoms. The van der Waals surface area contributed by atoms with Crippen LogP contribution >= 0.6 is 0 Å². The molecule has 0 saturated carbocycles. The molecule has 0 fully saturated rings. The predicted octanol–water partition coefficient (Wildman–Crippen LogP) is 14.4. The van der Waals surface area contributed by atoms with Crippen molar-refractivity contribution in [1.82, 2.24) is 19.9 Å². The number of rotatable bonds is 7. The van der Waals surface area contributed by atoms with Crippen LogP contribution in [0.25, 0.3) is 106 Å². The lowest BCUT2D eigenvalue weighted by Crippen LogP contribution is -2.05. The summed E-state index contributed by atoms with van der Waals surface area (Å²) in [5.41, 5.74) is 15.3. The Bertz CT molecular complexity index is 3390. The molecule has 0 amide bonds. The first-order valence-corrected chi connectivity index (χ1v) is 20.9. The zero-order valence-corrected chi connectivity index (χ0v) is 34.1. The van der Waals surface area contributed by atoms with Gasteiger partial charge in [0.15, 0.2) is 23.0 Å². The van der Waals surface area contributed by atoms with E-state index in [2.05, 4.69) is 134 Å². The van der Waals surface area contributed by atoms with Crippen LogP contribution in [0.5, 0.6) is 5.75 Å². The Balaban J connectivity index is 0.959. The Morgan fingerprint density at radius 3 is 1.56 bits per heavy atom. The van der Waals surface area contributed by atoms with Gasteiger partial charge < -0.3 is 9.15 Å². The molecule has 0 unspecified atom stereocenters. The van der Waals surface area contributed by atoms with E-state index >= 15 is 0 Å². The maximum Gasteiger partial charge on any atom is 0.180 e. The number of para-hydroxylation sites is 1. The average molecular weight is 811 g/mol. The Kier molecular flexibility index (Phi) is 9.63. The molecule has 0 atom stereocenters. The van der Waals surface area contributed by atoms with E-state index in [1.165, 1.54) is 0 Å². The molecule has 0 saturated heterocycles. The van der Waals surface area contributed by atoms with Crippen molar-refractivity contribution in [3.8, 4) is 84.4 Å². The standard InChI is InChI=1S/C57H38N4O2/c1-37-15-5-4-12-34-62-54-50(37)58-56(46-22-13-20-44(35-46)38-16-6-2-7-17-38)59-51(54)42-30-26-40(27-31-42)41-28-32-43(33-29-41)52-55-53(48-24-10-11-25-49(48)63-55)61-57(60-52)47-23-14-21-45(36-47)39-18-8-3-9-19-39/h2-33,35-36H,1,34H2/b12-4-,15-5-. The summed E-state index contributed by atoms with van der Waals surface area (Å²) in [5, 5.41) is 0.954. The van der Waals surface area contributed by atoms with Crippen molar-refractivity contribution in [2.24, 2.45) is 0 Å². The SMILES string of the molecule is C=C1/C=C\C=C/COc2c1nc(-c1cccc(-c3ccccc3)c1)nc2-c1ccc(-c2ccc(-c3nc(-c4cccc(-c5ccccc5)c4)nc4c3oc3ccccc34)cc2)cc1. The minimum atomic E-state index is 0.377. The Hall–Kier alpha value is -8.48. The molecule has 4 heterocycles. The average Bonchev–Trinajstić information content (AvgIpc) is 3.77. The van der Waals surface area contributed by atoms with Crippen LogP contribution in [0.3, 0.4) is 0 Å². The molecule has 3 aromatic heterocycles. The molecule has 0 radical (unpaired) electrons. The molecule has 0 spiro atoms. The Morgan fingerprint density at radius 2 is 0.905 bits per heavy atom. The first kappa shape index (κ1) is 37.5. The maximum absolute atomic E-state index is 6.46. The molecule has 0 N–H and O–H groups in total. The summed E-state index contributed by atoms with van der Waals surface area (Å²) in [7, 11) is 0. The summed E-state index contributed by atoms with van der Waals surface area (Å²) >= 11 is 0. The molecular formula is C57H38N4O2. The smallest absolute Gasteiger partial charge is 0.180 e. The molecule has 11 rings (SSSR count). The zero-order valence-electron chi connectivity index (χ0n) is 34.1. The van der Waals surface area contributed by atoms with E-state index in [1.54, 1.807) is 0 Å². The molecular weight excluding hydrogens is 773 g/mol. The van der Waals surface area contributed by atoms with E-state index in [-0.39, 0.29) is 0 Å². The predicted molar refractivity (Wildman–Crippen MR) is 256 cm³/mol. The van der Waals surface area contributed by atoms with Crippen LogP contribution < -0.4 is 4.74 Å². The van der Waals surface area contributed by atoms with E-state index in [9.17, 15) is 0 Å². The topological polar surface area (TPSA) is 73.9 Å². The summed E-state index contributed by atoms with van der Waals surface area (Å²) in [6.07, 6.45) is 7.86. The lowest BCUT2D eigenvalue weighted by molar-refractivity contribution is 0.360. The van der Waals surface area contributed by atoms with Crippen LogP contribution in [-0.4, -0.2) is 26.5 Å². The van der Waals surface area contributed by atoms with E-state index in [4.69, 9.17) is 29.1 Å². The normalized spacial score (nSPS) is 13.4. The van der Waals surface area contributed by atoms with Gasteiger partial charge in [0.2, 0.25) is 0 Å². The molecule has 1 aliphatic rings. The molecule has 298 valence electrons. The van der Waals surface area contributed by atoms with Gasteiger partial charge in [-0.3, -0.25) is 0 Å². The third-order valence-corrected chi connectivity index (χ3v) is 11.4. The first-order chi connectivity index (χ1) is 31.1. The van der Waals surface area contributed by atoms with Crippen LogP contribution in [0.15, 0.2) is 217 Å². The van der Waals surface area contributed by atoms with E-state index in [0.717, 1.165) is 83.4 Å². The zero-order chi connectivity index (χ0) is 42.1. The third kappa shape index (κ3) is 7.30. The molecule has 10 aromatic rings. The van der Waals surface area contributed by atoms with Gasteiger partial charge in [0, 0.05) is 27.6 Å². The number of benzene rings is 7. The highest BCUT2D eigenvalue weighted by atomic mass is 16.5. The minimum absolute atomic E-state index is 0.377. The lowest BCUT2D eigenvalue weighted by Gasteiger charge is -2.16. The second-order valence-corrected chi connectivity index (χ2v) is 15.4. The quantitative estimate of drug-likeness (QED) is 0.160. The van der Waals surface area contributed by atoms with Gasteiger partial charge in [0.1, 0.15) is 34.8 Å². The number of hydrogen-bond acceptors (Lipinski definition) is 6. The summed E-state index contributed by atoms with van der Waals surface area (Å²) in [4.78, 5) is 20.5. The van der Waals surface area contributed by atoms with Crippen molar-refractivity contribution in [3.63, 3.8) is 0 Å². The molecule has 0 bridgehead atoms. The van der Waals surface area contributed by atoms with E-state index in [0.29, 0.717) is 41.0 Å². The van der Waals surface area contributed by atoms with Crippen molar-refractivity contribution in [2.75, 3.05) is 6.61 Å². The fraction of sp³-hybridized carbons (Fsp3) is 0.0175. The van der Waals surface area contributed by atoms with E-state index in [1.807, 2.05) is 78.9 Å². The number of nitrogens with zero attached hydrogens (tertiary/aromatic N) is 4. The second kappa shape index (κ2) is 16.2. The third-order valence-electron chi connectivity index (χ3n) is 11.4.